The second-order valence-corrected chi connectivity index (χ2v) is 11.4. The molecule has 0 aromatic heterocycles. The molecule has 0 aliphatic rings. The van der Waals surface area contributed by atoms with Crippen molar-refractivity contribution in [3.63, 3.8) is 0 Å². The van der Waals surface area contributed by atoms with Gasteiger partial charge in [-0.1, -0.05) is 50.6 Å². The number of nitrogens with one attached hydrogen (secondary N) is 1. The molecular weight excluding hydrogens is 500 g/mol. The van der Waals surface area contributed by atoms with Crippen LogP contribution in [-0.4, -0.2) is 41.1 Å². The highest BCUT2D eigenvalue weighted by atomic mass is 35.5. The Hall–Kier alpha value is -3.23. The van der Waals surface area contributed by atoms with Crippen molar-refractivity contribution in [1.82, 2.24) is 5.32 Å². The Morgan fingerprint density at radius 3 is 2.19 bits per heavy atom. The first-order chi connectivity index (χ1) is 17.0. The Bertz CT molecular complexity index is 1270. The van der Waals surface area contributed by atoms with Crippen LogP contribution in [0.1, 0.15) is 26.3 Å². The number of amides is 1. The lowest BCUT2D eigenvalue weighted by Crippen LogP contribution is -2.41. The normalized spacial score (nSPS) is 11.6. The van der Waals surface area contributed by atoms with Gasteiger partial charge >= 0.3 is 0 Å². The topological polar surface area (TPSA) is 84.9 Å². The fourth-order valence-electron chi connectivity index (χ4n) is 3.42. The first-order valence-corrected chi connectivity index (χ1v) is 13.2. The van der Waals surface area contributed by atoms with Crippen LogP contribution in [0.2, 0.25) is 5.02 Å². The minimum Gasteiger partial charge on any atom is -0.497 e. The van der Waals surface area contributed by atoms with Gasteiger partial charge in [-0.15, -0.1) is 0 Å². The van der Waals surface area contributed by atoms with Crippen molar-refractivity contribution in [1.29, 1.82) is 0 Å². The Morgan fingerprint density at radius 2 is 1.61 bits per heavy atom. The van der Waals surface area contributed by atoms with Crippen LogP contribution < -0.4 is 19.1 Å². The number of anilines is 1. The van der Waals surface area contributed by atoms with Crippen molar-refractivity contribution in [2.24, 2.45) is 0 Å². The van der Waals surface area contributed by atoms with E-state index in [1.165, 1.54) is 30.9 Å². The number of hydrogen-bond acceptors (Lipinski definition) is 5. The molecule has 0 aliphatic heterocycles. The van der Waals surface area contributed by atoms with Crippen LogP contribution in [0.3, 0.4) is 0 Å². The molecule has 192 valence electrons. The number of ether oxygens (including phenoxy) is 2. The molecule has 0 heterocycles. The van der Waals surface area contributed by atoms with E-state index in [1.807, 2.05) is 24.3 Å². The molecule has 0 bridgehead atoms. The summed E-state index contributed by atoms with van der Waals surface area (Å²) in [5.74, 6) is 0.743. The van der Waals surface area contributed by atoms with Crippen molar-refractivity contribution >= 4 is 33.2 Å². The lowest BCUT2D eigenvalue weighted by molar-refractivity contribution is -0.119. The summed E-state index contributed by atoms with van der Waals surface area (Å²) in [6.45, 7) is 6.45. The van der Waals surface area contributed by atoms with E-state index in [0.29, 0.717) is 16.5 Å². The summed E-state index contributed by atoms with van der Waals surface area (Å²) < 4.78 is 38.7. The van der Waals surface area contributed by atoms with Crippen molar-refractivity contribution < 1.29 is 22.7 Å². The summed E-state index contributed by atoms with van der Waals surface area (Å²) in [5, 5.41) is 3.08. The quantitative estimate of drug-likeness (QED) is 0.371. The van der Waals surface area contributed by atoms with Crippen molar-refractivity contribution in [3.8, 4) is 11.5 Å². The first kappa shape index (κ1) is 27.4. The van der Waals surface area contributed by atoms with Crippen LogP contribution >= 0.6 is 11.6 Å². The highest BCUT2D eigenvalue weighted by Gasteiger charge is 2.27. The molecular formula is C27H31ClN2O5S. The van der Waals surface area contributed by atoms with Gasteiger partial charge in [-0.2, -0.15) is 0 Å². The molecule has 0 saturated heterocycles. The van der Waals surface area contributed by atoms with E-state index in [9.17, 15) is 13.2 Å². The molecule has 3 rings (SSSR count). The predicted molar refractivity (Wildman–Crippen MR) is 143 cm³/mol. The lowest BCUT2D eigenvalue weighted by Gasteiger charge is -2.24. The lowest BCUT2D eigenvalue weighted by atomic mass is 9.87. The second-order valence-electron chi connectivity index (χ2n) is 9.14. The summed E-state index contributed by atoms with van der Waals surface area (Å²) in [7, 11) is -2.56. The minimum atomic E-state index is -4.05. The van der Waals surface area contributed by atoms with Gasteiger partial charge in [-0.3, -0.25) is 9.10 Å². The van der Waals surface area contributed by atoms with Crippen LogP contribution in [-0.2, 0) is 20.2 Å². The van der Waals surface area contributed by atoms with Gasteiger partial charge in [0.1, 0.15) is 24.7 Å². The average molecular weight is 531 g/mol. The van der Waals surface area contributed by atoms with Crippen LogP contribution in [0.5, 0.6) is 11.5 Å². The summed E-state index contributed by atoms with van der Waals surface area (Å²) >= 11 is 6.10. The monoisotopic (exact) mass is 530 g/mol. The molecule has 1 amide bonds. The number of sulfonamides is 1. The summed E-state index contributed by atoms with van der Waals surface area (Å²) in [6, 6.07) is 20.1. The zero-order valence-corrected chi connectivity index (χ0v) is 22.4. The van der Waals surface area contributed by atoms with E-state index < -0.39 is 22.5 Å². The third-order valence-corrected chi connectivity index (χ3v) is 7.47. The number of halogens is 1. The number of hydrogen-bond donors (Lipinski definition) is 1. The SMILES string of the molecule is COc1ccc(S(=O)(=O)N(CC(=O)NCCOc2ccc(C(C)(C)C)cc2)c2cccc(Cl)c2)cc1. The summed E-state index contributed by atoms with van der Waals surface area (Å²) in [4.78, 5) is 12.8. The molecule has 0 fully saturated rings. The van der Waals surface area contributed by atoms with Gasteiger partial charge in [0, 0.05) is 5.02 Å². The van der Waals surface area contributed by atoms with Crippen molar-refractivity contribution in [3.05, 3.63) is 83.4 Å². The highest BCUT2D eigenvalue weighted by Crippen LogP contribution is 2.27. The van der Waals surface area contributed by atoms with E-state index in [1.54, 1.807) is 30.3 Å². The number of carbonyl (C=O) groups is 1. The zero-order chi connectivity index (χ0) is 26.3. The van der Waals surface area contributed by atoms with Gasteiger partial charge in [0.25, 0.3) is 10.0 Å². The Balaban J connectivity index is 1.66. The van der Waals surface area contributed by atoms with Crippen LogP contribution in [0, 0.1) is 0 Å². The summed E-state index contributed by atoms with van der Waals surface area (Å²) in [6.07, 6.45) is 0. The van der Waals surface area contributed by atoms with Crippen molar-refractivity contribution in [2.45, 2.75) is 31.1 Å². The van der Waals surface area contributed by atoms with Crippen LogP contribution in [0.15, 0.2) is 77.7 Å². The van der Waals surface area contributed by atoms with Gasteiger partial charge in [-0.25, -0.2) is 8.42 Å². The zero-order valence-electron chi connectivity index (χ0n) is 20.8. The molecule has 7 nitrogen and oxygen atoms in total. The third kappa shape index (κ3) is 7.15. The number of methoxy groups -OCH3 is 1. The second kappa shape index (κ2) is 11.7. The third-order valence-electron chi connectivity index (χ3n) is 5.44. The molecule has 3 aromatic rings. The van der Waals surface area contributed by atoms with Gasteiger partial charge in [-0.05, 0) is 65.6 Å². The highest BCUT2D eigenvalue weighted by molar-refractivity contribution is 7.92. The number of benzene rings is 3. The van der Waals surface area contributed by atoms with Gasteiger partial charge in [0.05, 0.1) is 24.2 Å². The standard InChI is InChI=1S/C27H31ClN2O5S/c1-27(2,3)20-8-10-24(11-9-20)35-17-16-29-26(31)19-30(22-7-5-6-21(28)18-22)36(32,33)25-14-12-23(34-4)13-15-25/h5-15,18H,16-17,19H2,1-4H3,(H,29,31). The molecule has 36 heavy (non-hydrogen) atoms. The molecule has 9 heteroatoms. The van der Waals surface area contributed by atoms with Gasteiger partial charge < -0.3 is 14.8 Å². The van der Waals surface area contributed by atoms with E-state index in [4.69, 9.17) is 21.1 Å². The Labute approximate surface area is 218 Å². The van der Waals surface area contributed by atoms with Gasteiger partial charge in [0.2, 0.25) is 5.91 Å². The molecule has 3 aromatic carbocycles. The largest absolute Gasteiger partial charge is 0.497 e. The first-order valence-electron chi connectivity index (χ1n) is 11.4. The number of carbonyl (C=O) groups excluding carboxylic acids is 1. The average Bonchev–Trinajstić information content (AvgIpc) is 2.85. The summed E-state index contributed by atoms with van der Waals surface area (Å²) in [5.41, 5.74) is 1.53. The number of rotatable bonds is 10. The van der Waals surface area contributed by atoms with E-state index in [0.717, 1.165) is 4.31 Å². The fraction of sp³-hybridized carbons (Fsp3) is 0.296. The molecule has 1 N–H and O–H groups in total. The predicted octanol–water partition coefficient (Wildman–Crippen LogP) is 5.04. The molecule has 0 atom stereocenters. The molecule has 0 saturated carbocycles. The Kier molecular flexibility index (Phi) is 8.87. The molecule has 0 spiro atoms. The smallest absolute Gasteiger partial charge is 0.264 e. The maximum Gasteiger partial charge on any atom is 0.264 e. The van der Waals surface area contributed by atoms with Gasteiger partial charge in [0.15, 0.2) is 0 Å². The van der Waals surface area contributed by atoms with E-state index >= 15 is 0 Å². The molecule has 0 radical (unpaired) electrons. The Morgan fingerprint density at radius 1 is 0.972 bits per heavy atom. The van der Waals surface area contributed by atoms with Crippen LogP contribution in [0.4, 0.5) is 5.69 Å². The number of nitrogens with zero attached hydrogens (tertiary/aromatic N) is 1. The molecule has 0 aliphatic carbocycles. The maximum absolute atomic E-state index is 13.4. The van der Waals surface area contributed by atoms with Crippen LogP contribution in [0.25, 0.3) is 0 Å². The maximum atomic E-state index is 13.4. The van der Waals surface area contributed by atoms with E-state index in [-0.39, 0.29) is 29.1 Å². The fourth-order valence-corrected chi connectivity index (χ4v) is 5.02. The molecule has 0 unspecified atom stereocenters. The van der Waals surface area contributed by atoms with Crippen molar-refractivity contribution in [2.75, 3.05) is 31.1 Å². The minimum absolute atomic E-state index is 0.0260. The van der Waals surface area contributed by atoms with E-state index in [2.05, 4.69) is 26.1 Å².